The third kappa shape index (κ3) is 6.48. The molecule has 1 fully saturated rings. The molecule has 0 aliphatic carbocycles. The first-order valence-corrected chi connectivity index (χ1v) is 9.08. The van der Waals surface area contributed by atoms with Gasteiger partial charge in [0.1, 0.15) is 6.04 Å². The van der Waals surface area contributed by atoms with E-state index in [9.17, 15) is 14.4 Å². The lowest BCUT2D eigenvalue weighted by molar-refractivity contribution is -0.149. The van der Waals surface area contributed by atoms with Crippen LogP contribution in [-0.4, -0.2) is 61.5 Å². The Kier molecular flexibility index (Phi) is 8.08. The zero-order valence-corrected chi connectivity index (χ0v) is 15.2. The zero-order valence-electron chi connectivity index (χ0n) is 15.2. The highest BCUT2D eigenvalue weighted by atomic mass is 16.5. The minimum atomic E-state index is -0.659. The van der Waals surface area contributed by atoms with Crippen LogP contribution in [0.4, 0.5) is 0 Å². The first-order valence-electron chi connectivity index (χ1n) is 9.08. The van der Waals surface area contributed by atoms with Gasteiger partial charge in [0, 0.05) is 19.6 Å². The molecule has 0 spiro atoms. The summed E-state index contributed by atoms with van der Waals surface area (Å²) < 4.78 is 5.06. The second-order valence-corrected chi connectivity index (χ2v) is 6.29. The average Bonchev–Trinajstić information content (AvgIpc) is 2.64. The van der Waals surface area contributed by atoms with Gasteiger partial charge in [0.2, 0.25) is 11.8 Å². The second kappa shape index (κ2) is 10.6. The minimum Gasteiger partial charge on any atom is -0.466 e. The van der Waals surface area contributed by atoms with Crippen molar-refractivity contribution in [2.75, 3.05) is 32.8 Å². The van der Waals surface area contributed by atoms with Crippen LogP contribution in [0, 0.1) is 0 Å². The van der Waals surface area contributed by atoms with Crippen molar-refractivity contribution in [1.82, 2.24) is 15.5 Å². The molecule has 2 rings (SSSR count). The molecule has 7 nitrogen and oxygen atoms in total. The van der Waals surface area contributed by atoms with Crippen molar-refractivity contribution in [3.05, 3.63) is 35.9 Å². The normalized spacial score (nSPS) is 17.4. The lowest BCUT2D eigenvalue weighted by Gasteiger charge is -2.33. The summed E-state index contributed by atoms with van der Waals surface area (Å²) in [4.78, 5) is 37.9. The SMILES string of the molecule is CCCOC(=O)CC1C(=O)NCCN1CC(=O)NCCc1ccccc1. The maximum absolute atomic E-state index is 12.2. The highest BCUT2D eigenvalue weighted by Crippen LogP contribution is 2.10. The molecule has 7 heteroatoms. The van der Waals surface area contributed by atoms with Crippen molar-refractivity contribution in [3.8, 4) is 0 Å². The number of nitrogens with one attached hydrogen (secondary N) is 2. The van der Waals surface area contributed by atoms with Crippen molar-refractivity contribution in [2.45, 2.75) is 32.2 Å². The Balaban J connectivity index is 1.81. The molecule has 0 radical (unpaired) electrons. The Bertz CT molecular complexity index is 606. The number of ether oxygens (including phenoxy) is 1. The third-order valence-corrected chi connectivity index (χ3v) is 4.19. The van der Waals surface area contributed by atoms with Gasteiger partial charge >= 0.3 is 5.97 Å². The maximum Gasteiger partial charge on any atom is 0.307 e. The van der Waals surface area contributed by atoms with Crippen LogP contribution in [0.3, 0.4) is 0 Å². The van der Waals surface area contributed by atoms with Gasteiger partial charge in [-0.25, -0.2) is 0 Å². The fourth-order valence-corrected chi connectivity index (χ4v) is 2.84. The molecular weight excluding hydrogens is 334 g/mol. The van der Waals surface area contributed by atoms with E-state index in [1.165, 1.54) is 0 Å². The van der Waals surface area contributed by atoms with Crippen molar-refractivity contribution in [2.24, 2.45) is 0 Å². The van der Waals surface area contributed by atoms with Crippen LogP contribution in [0.1, 0.15) is 25.3 Å². The smallest absolute Gasteiger partial charge is 0.307 e. The molecule has 26 heavy (non-hydrogen) atoms. The highest BCUT2D eigenvalue weighted by Gasteiger charge is 2.33. The van der Waals surface area contributed by atoms with Gasteiger partial charge in [0.15, 0.2) is 0 Å². The Hall–Kier alpha value is -2.41. The molecule has 142 valence electrons. The molecular formula is C19H27N3O4. The van der Waals surface area contributed by atoms with Gasteiger partial charge in [0.05, 0.1) is 19.6 Å². The van der Waals surface area contributed by atoms with E-state index in [-0.39, 0.29) is 24.8 Å². The number of piperazine rings is 1. The van der Waals surface area contributed by atoms with E-state index in [1.54, 1.807) is 4.90 Å². The van der Waals surface area contributed by atoms with Crippen LogP contribution in [0.15, 0.2) is 30.3 Å². The first kappa shape index (κ1) is 19.9. The summed E-state index contributed by atoms with van der Waals surface area (Å²) in [6.45, 7) is 3.88. The van der Waals surface area contributed by atoms with Gasteiger partial charge in [-0.2, -0.15) is 0 Å². The molecule has 1 atom stereocenters. The van der Waals surface area contributed by atoms with E-state index in [0.29, 0.717) is 26.2 Å². The van der Waals surface area contributed by atoms with Crippen molar-refractivity contribution in [3.63, 3.8) is 0 Å². The largest absolute Gasteiger partial charge is 0.466 e. The molecule has 0 bridgehead atoms. The van der Waals surface area contributed by atoms with Gasteiger partial charge < -0.3 is 15.4 Å². The van der Waals surface area contributed by atoms with Crippen LogP contribution >= 0.6 is 0 Å². The van der Waals surface area contributed by atoms with Crippen LogP contribution in [-0.2, 0) is 25.5 Å². The molecule has 1 saturated heterocycles. The van der Waals surface area contributed by atoms with Crippen molar-refractivity contribution >= 4 is 17.8 Å². The lowest BCUT2D eigenvalue weighted by atomic mass is 10.1. The Morgan fingerprint density at radius 1 is 1.31 bits per heavy atom. The lowest BCUT2D eigenvalue weighted by Crippen LogP contribution is -2.58. The fourth-order valence-electron chi connectivity index (χ4n) is 2.84. The number of amides is 2. The van der Waals surface area contributed by atoms with Crippen LogP contribution < -0.4 is 10.6 Å². The van der Waals surface area contributed by atoms with E-state index >= 15 is 0 Å². The van der Waals surface area contributed by atoms with Crippen LogP contribution in [0.2, 0.25) is 0 Å². The Morgan fingerprint density at radius 2 is 2.08 bits per heavy atom. The van der Waals surface area contributed by atoms with E-state index in [1.807, 2.05) is 37.3 Å². The van der Waals surface area contributed by atoms with Gasteiger partial charge in [0.25, 0.3) is 0 Å². The molecule has 0 aromatic heterocycles. The molecule has 1 aromatic carbocycles. The van der Waals surface area contributed by atoms with Crippen LogP contribution in [0.25, 0.3) is 0 Å². The van der Waals surface area contributed by atoms with Gasteiger partial charge in [-0.15, -0.1) is 0 Å². The van der Waals surface area contributed by atoms with Crippen molar-refractivity contribution < 1.29 is 19.1 Å². The number of nitrogens with zero attached hydrogens (tertiary/aromatic N) is 1. The minimum absolute atomic E-state index is 0.0386. The quantitative estimate of drug-likeness (QED) is 0.625. The summed E-state index contributed by atoms with van der Waals surface area (Å²) in [6, 6.07) is 9.25. The highest BCUT2D eigenvalue weighted by molar-refractivity contribution is 5.88. The third-order valence-electron chi connectivity index (χ3n) is 4.19. The monoisotopic (exact) mass is 361 g/mol. The summed E-state index contributed by atoms with van der Waals surface area (Å²) in [5.41, 5.74) is 1.15. The van der Waals surface area contributed by atoms with E-state index in [0.717, 1.165) is 18.4 Å². The summed E-state index contributed by atoms with van der Waals surface area (Å²) in [7, 11) is 0. The molecule has 1 aromatic rings. The number of rotatable bonds is 9. The maximum atomic E-state index is 12.2. The predicted molar refractivity (Wildman–Crippen MR) is 97.4 cm³/mol. The standard InChI is InChI=1S/C19H27N3O4/c1-2-12-26-18(24)13-16-19(25)21-10-11-22(16)14-17(23)20-9-8-15-6-4-3-5-7-15/h3-7,16H,2,8-14H2,1H3,(H,20,23)(H,21,25). The summed E-state index contributed by atoms with van der Waals surface area (Å²) >= 11 is 0. The molecule has 1 aliphatic rings. The molecule has 1 aliphatic heterocycles. The Morgan fingerprint density at radius 3 is 2.81 bits per heavy atom. The van der Waals surface area contributed by atoms with Gasteiger partial charge in [-0.1, -0.05) is 37.3 Å². The van der Waals surface area contributed by atoms with Gasteiger partial charge in [-0.3, -0.25) is 19.3 Å². The van der Waals surface area contributed by atoms with E-state index in [2.05, 4.69) is 10.6 Å². The van der Waals surface area contributed by atoms with E-state index in [4.69, 9.17) is 4.74 Å². The molecule has 1 unspecified atom stereocenters. The van der Waals surface area contributed by atoms with E-state index < -0.39 is 12.0 Å². The average molecular weight is 361 g/mol. The fraction of sp³-hybridized carbons (Fsp3) is 0.526. The number of esters is 1. The summed E-state index contributed by atoms with van der Waals surface area (Å²) in [6.07, 6.45) is 1.44. The molecule has 1 heterocycles. The Labute approximate surface area is 154 Å². The number of benzene rings is 1. The number of carbonyl (C=O) groups excluding carboxylic acids is 3. The predicted octanol–water partition coefficient (Wildman–Crippen LogP) is 0.489. The summed E-state index contributed by atoms with van der Waals surface area (Å²) in [5, 5.41) is 5.61. The molecule has 0 saturated carbocycles. The van der Waals surface area contributed by atoms with Gasteiger partial charge in [-0.05, 0) is 18.4 Å². The topological polar surface area (TPSA) is 87.7 Å². The summed E-state index contributed by atoms with van der Waals surface area (Å²) in [5.74, 6) is -0.798. The van der Waals surface area contributed by atoms with Crippen molar-refractivity contribution in [1.29, 1.82) is 0 Å². The number of carbonyl (C=O) groups is 3. The second-order valence-electron chi connectivity index (χ2n) is 6.29. The van der Waals surface area contributed by atoms with Crippen LogP contribution in [0.5, 0.6) is 0 Å². The molecule has 2 N–H and O–H groups in total. The first-order chi connectivity index (χ1) is 12.6. The number of hydrogen-bond acceptors (Lipinski definition) is 5. The number of hydrogen-bond donors (Lipinski definition) is 2. The molecule has 2 amide bonds. The zero-order chi connectivity index (χ0) is 18.8.